The number of nitro groups is 1. The Balaban J connectivity index is 1.80. The number of benzene rings is 2. The summed E-state index contributed by atoms with van der Waals surface area (Å²) in [6.45, 7) is 0. The van der Waals surface area contributed by atoms with E-state index in [1.54, 1.807) is 18.2 Å². The summed E-state index contributed by atoms with van der Waals surface area (Å²) in [4.78, 5) is 10.7. The van der Waals surface area contributed by atoms with Gasteiger partial charge in [-0.1, -0.05) is 36.4 Å². The van der Waals surface area contributed by atoms with E-state index in [2.05, 4.69) is 45.5 Å². The highest BCUT2D eigenvalue weighted by Crippen LogP contribution is 2.51. The van der Waals surface area contributed by atoms with Gasteiger partial charge in [0.15, 0.2) is 0 Å². The summed E-state index contributed by atoms with van der Waals surface area (Å²) in [5.41, 5.74) is 3.50. The SMILES string of the molecule is O=[N+]([O-])c1cccc([C@@H]2Nc3c(Br)cccc3[C@H]3C=CC[C@H]32)c1. The molecule has 0 saturated carbocycles. The molecule has 2 aromatic rings. The number of non-ortho nitro benzene ring substituents is 1. The zero-order valence-corrected chi connectivity index (χ0v) is 13.9. The number of fused-ring (bicyclic) bond motifs is 3. The number of nitro benzene ring substituents is 1. The molecule has 1 heterocycles. The fourth-order valence-electron chi connectivity index (χ4n) is 3.75. The molecule has 0 bridgehead atoms. The third-order valence-electron chi connectivity index (χ3n) is 4.79. The Bertz CT molecular complexity index is 818. The molecule has 0 saturated heterocycles. The number of rotatable bonds is 2. The highest BCUT2D eigenvalue weighted by Gasteiger charge is 2.38. The summed E-state index contributed by atoms with van der Waals surface area (Å²) in [7, 11) is 0. The van der Waals surface area contributed by atoms with Gasteiger partial charge in [-0.2, -0.15) is 0 Å². The van der Waals surface area contributed by atoms with Crippen molar-refractivity contribution in [1.82, 2.24) is 0 Å². The first kappa shape index (κ1) is 14.5. The molecule has 0 amide bonds. The van der Waals surface area contributed by atoms with Gasteiger partial charge in [-0.15, -0.1) is 0 Å². The molecule has 23 heavy (non-hydrogen) atoms. The number of nitrogens with zero attached hydrogens (tertiary/aromatic N) is 1. The van der Waals surface area contributed by atoms with Crippen molar-refractivity contribution in [3.8, 4) is 0 Å². The van der Waals surface area contributed by atoms with Gasteiger partial charge in [0, 0.05) is 22.5 Å². The predicted octanol–water partition coefficient (Wildman–Crippen LogP) is 5.18. The van der Waals surface area contributed by atoms with E-state index >= 15 is 0 Å². The molecule has 116 valence electrons. The van der Waals surface area contributed by atoms with Gasteiger partial charge in [0.2, 0.25) is 0 Å². The van der Waals surface area contributed by atoms with E-state index in [0.717, 1.165) is 22.1 Å². The van der Waals surface area contributed by atoms with E-state index in [1.165, 1.54) is 5.56 Å². The predicted molar refractivity (Wildman–Crippen MR) is 93.6 cm³/mol. The third kappa shape index (κ3) is 2.36. The van der Waals surface area contributed by atoms with Crippen molar-refractivity contribution >= 4 is 27.3 Å². The average Bonchev–Trinajstić information content (AvgIpc) is 3.04. The van der Waals surface area contributed by atoms with Gasteiger partial charge in [0.1, 0.15) is 0 Å². The minimum Gasteiger partial charge on any atom is -0.377 e. The molecule has 1 aliphatic heterocycles. The monoisotopic (exact) mass is 370 g/mol. The van der Waals surface area contributed by atoms with E-state index in [9.17, 15) is 10.1 Å². The number of hydrogen-bond donors (Lipinski definition) is 1. The molecule has 0 radical (unpaired) electrons. The van der Waals surface area contributed by atoms with Crippen LogP contribution in [-0.2, 0) is 0 Å². The third-order valence-corrected chi connectivity index (χ3v) is 5.45. The first-order valence-electron chi connectivity index (χ1n) is 7.61. The van der Waals surface area contributed by atoms with E-state index in [4.69, 9.17) is 0 Å². The summed E-state index contributed by atoms with van der Waals surface area (Å²) < 4.78 is 1.03. The van der Waals surface area contributed by atoms with Crippen molar-refractivity contribution in [2.24, 2.45) is 5.92 Å². The van der Waals surface area contributed by atoms with Gasteiger partial charge >= 0.3 is 0 Å². The van der Waals surface area contributed by atoms with Crippen LogP contribution in [0, 0.1) is 16.0 Å². The van der Waals surface area contributed by atoms with Gasteiger partial charge < -0.3 is 5.32 Å². The molecule has 2 aliphatic rings. The molecule has 3 atom stereocenters. The highest BCUT2D eigenvalue weighted by atomic mass is 79.9. The van der Waals surface area contributed by atoms with E-state index in [1.807, 2.05) is 12.1 Å². The largest absolute Gasteiger partial charge is 0.377 e. The molecule has 4 nitrogen and oxygen atoms in total. The maximum Gasteiger partial charge on any atom is 0.269 e. The van der Waals surface area contributed by atoms with Gasteiger partial charge in [-0.3, -0.25) is 10.1 Å². The average molecular weight is 371 g/mol. The lowest BCUT2D eigenvalue weighted by molar-refractivity contribution is -0.384. The quantitative estimate of drug-likeness (QED) is 0.449. The van der Waals surface area contributed by atoms with E-state index in [-0.39, 0.29) is 16.7 Å². The molecule has 0 unspecified atom stereocenters. The summed E-state index contributed by atoms with van der Waals surface area (Å²) >= 11 is 3.62. The van der Waals surface area contributed by atoms with Crippen LogP contribution in [0.3, 0.4) is 0 Å². The van der Waals surface area contributed by atoms with Crippen LogP contribution in [0.15, 0.2) is 59.1 Å². The molecule has 1 N–H and O–H groups in total. The lowest BCUT2D eigenvalue weighted by Crippen LogP contribution is -2.29. The summed E-state index contributed by atoms with van der Waals surface area (Å²) in [5, 5.41) is 14.7. The standard InChI is InChI=1S/C18H15BrN2O2/c19-16-9-3-8-15-13-6-2-7-14(13)17(20-18(15)16)11-4-1-5-12(10-11)21(22)23/h1-6,8-10,13-14,17,20H,7H2/t13-,14+,17-/m0/s1. The molecule has 1 aliphatic carbocycles. The van der Waals surface area contributed by atoms with Gasteiger partial charge in [0.05, 0.1) is 16.7 Å². The fourth-order valence-corrected chi connectivity index (χ4v) is 4.24. The Morgan fingerprint density at radius 2 is 2.04 bits per heavy atom. The molecular weight excluding hydrogens is 356 g/mol. The van der Waals surface area contributed by atoms with Crippen LogP contribution in [-0.4, -0.2) is 4.92 Å². The summed E-state index contributed by atoms with van der Waals surface area (Å²) in [6.07, 6.45) is 5.47. The Hall–Kier alpha value is -2.14. The van der Waals surface area contributed by atoms with Gasteiger partial charge in [-0.05, 0) is 45.5 Å². The van der Waals surface area contributed by atoms with Crippen molar-refractivity contribution in [3.05, 3.63) is 80.3 Å². The zero-order valence-electron chi connectivity index (χ0n) is 12.3. The van der Waals surface area contributed by atoms with Crippen molar-refractivity contribution in [3.63, 3.8) is 0 Å². The lowest BCUT2D eigenvalue weighted by atomic mass is 9.77. The van der Waals surface area contributed by atoms with Crippen molar-refractivity contribution in [1.29, 1.82) is 0 Å². The van der Waals surface area contributed by atoms with E-state index in [0.29, 0.717) is 11.8 Å². The topological polar surface area (TPSA) is 55.2 Å². The van der Waals surface area contributed by atoms with Crippen LogP contribution in [0.4, 0.5) is 11.4 Å². The molecule has 5 heteroatoms. The Kier molecular flexibility index (Phi) is 3.45. The second kappa shape index (κ2) is 5.49. The minimum absolute atomic E-state index is 0.0705. The van der Waals surface area contributed by atoms with Gasteiger partial charge in [0.25, 0.3) is 5.69 Å². The van der Waals surface area contributed by atoms with Crippen LogP contribution in [0.2, 0.25) is 0 Å². The molecular formula is C18H15BrN2O2. The fraction of sp³-hybridized carbons (Fsp3) is 0.222. The smallest absolute Gasteiger partial charge is 0.269 e. The van der Waals surface area contributed by atoms with Crippen LogP contribution < -0.4 is 5.32 Å². The Morgan fingerprint density at radius 3 is 2.87 bits per heavy atom. The molecule has 0 spiro atoms. The van der Waals surface area contributed by atoms with Crippen LogP contribution in [0.1, 0.15) is 29.5 Å². The Morgan fingerprint density at radius 1 is 1.22 bits per heavy atom. The number of anilines is 1. The van der Waals surface area contributed by atoms with Crippen LogP contribution in [0.25, 0.3) is 0 Å². The second-order valence-corrected chi connectivity index (χ2v) is 6.89. The highest BCUT2D eigenvalue weighted by molar-refractivity contribution is 9.10. The Labute approximate surface area is 142 Å². The number of nitrogens with one attached hydrogen (secondary N) is 1. The molecule has 2 aromatic carbocycles. The number of para-hydroxylation sites is 1. The van der Waals surface area contributed by atoms with E-state index < -0.39 is 0 Å². The number of hydrogen-bond acceptors (Lipinski definition) is 3. The molecule has 0 fully saturated rings. The second-order valence-electron chi connectivity index (χ2n) is 6.03. The summed E-state index contributed by atoms with van der Waals surface area (Å²) in [6, 6.07) is 13.3. The number of halogens is 1. The lowest BCUT2D eigenvalue weighted by Gasteiger charge is -2.38. The van der Waals surface area contributed by atoms with Crippen LogP contribution in [0.5, 0.6) is 0 Å². The van der Waals surface area contributed by atoms with Crippen LogP contribution >= 0.6 is 15.9 Å². The number of allylic oxidation sites excluding steroid dienone is 2. The van der Waals surface area contributed by atoms with Crippen molar-refractivity contribution in [2.45, 2.75) is 18.4 Å². The first-order chi connectivity index (χ1) is 11.1. The molecule has 4 rings (SSSR count). The molecule has 0 aromatic heterocycles. The zero-order chi connectivity index (χ0) is 16.0. The van der Waals surface area contributed by atoms with Gasteiger partial charge in [-0.25, -0.2) is 0 Å². The first-order valence-corrected chi connectivity index (χ1v) is 8.40. The van der Waals surface area contributed by atoms with Crippen molar-refractivity contribution in [2.75, 3.05) is 5.32 Å². The summed E-state index contributed by atoms with van der Waals surface area (Å²) in [5.74, 6) is 0.742. The maximum atomic E-state index is 11.1. The minimum atomic E-state index is -0.333. The van der Waals surface area contributed by atoms with Crippen molar-refractivity contribution < 1.29 is 4.92 Å². The maximum absolute atomic E-state index is 11.1. The normalized spacial score (nSPS) is 24.7.